The van der Waals surface area contributed by atoms with Crippen LogP contribution in [0.15, 0.2) is 11.6 Å². The maximum atomic E-state index is 5.70. The van der Waals surface area contributed by atoms with E-state index in [1.807, 2.05) is 0 Å². The molecule has 1 aliphatic heterocycles. The van der Waals surface area contributed by atoms with E-state index in [-0.39, 0.29) is 0 Å². The van der Waals surface area contributed by atoms with Gasteiger partial charge in [-0.15, -0.1) is 0 Å². The highest BCUT2D eigenvalue weighted by atomic mass is 35.5. The average Bonchev–Trinajstić information content (AvgIpc) is 2.43. The summed E-state index contributed by atoms with van der Waals surface area (Å²) in [4.78, 5) is 2.61. The Labute approximate surface area is 118 Å². The van der Waals surface area contributed by atoms with E-state index in [0.29, 0.717) is 11.6 Å². The summed E-state index contributed by atoms with van der Waals surface area (Å²) in [6.07, 6.45) is 5.69. The summed E-state index contributed by atoms with van der Waals surface area (Å²) in [5.41, 5.74) is 1.94. The number of hydrogen-bond acceptors (Lipinski definition) is 2. The molecule has 106 valence electrons. The van der Waals surface area contributed by atoms with Gasteiger partial charge in [-0.2, -0.15) is 0 Å². The predicted octanol–water partition coefficient (Wildman–Crippen LogP) is 3.62. The molecular formula is C15H29ClN2. The quantitative estimate of drug-likeness (QED) is 0.795. The molecule has 3 heteroatoms. The monoisotopic (exact) mass is 272 g/mol. The normalized spacial score (nSPS) is 26.6. The lowest BCUT2D eigenvalue weighted by Gasteiger charge is -2.49. The fourth-order valence-corrected chi connectivity index (χ4v) is 3.02. The van der Waals surface area contributed by atoms with Gasteiger partial charge < -0.3 is 5.32 Å². The van der Waals surface area contributed by atoms with Crippen molar-refractivity contribution < 1.29 is 0 Å². The Morgan fingerprint density at radius 3 is 2.56 bits per heavy atom. The van der Waals surface area contributed by atoms with E-state index in [2.05, 4.69) is 44.0 Å². The molecule has 1 N–H and O–H groups in total. The zero-order chi connectivity index (χ0) is 13.6. The molecule has 0 amide bonds. The van der Waals surface area contributed by atoms with Crippen molar-refractivity contribution in [2.24, 2.45) is 5.92 Å². The van der Waals surface area contributed by atoms with Crippen LogP contribution >= 0.6 is 11.6 Å². The fraction of sp³-hybridized carbons (Fsp3) is 0.867. The van der Waals surface area contributed by atoms with Crippen LogP contribution < -0.4 is 5.32 Å². The first-order chi connectivity index (χ1) is 8.62. The number of piperazine rings is 1. The van der Waals surface area contributed by atoms with E-state index >= 15 is 0 Å². The van der Waals surface area contributed by atoms with Gasteiger partial charge in [-0.25, -0.2) is 0 Å². The Morgan fingerprint density at radius 1 is 1.39 bits per heavy atom. The molecular weight excluding hydrogens is 244 g/mol. The van der Waals surface area contributed by atoms with E-state index in [4.69, 9.17) is 11.6 Å². The Morgan fingerprint density at radius 2 is 2.06 bits per heavy atom. The lowest BCUT2D eigenvalue weighted by molar-refractivity contribution is 0.0551. The molecule has 1 fully saturated rings. The van der Waals surface area contributed by atoms with Crippen LogP contribution in [0.3, 0.4) is 0 Å². The van der Waals surface area contributed by atoms with Crippen molar-refractivity contribution in [3.63, 3.8) is 0 Å². The molecule has 0 aromatic carbocycles. The van der Waals surface area contributed by atoms with Gasteiger partial charge in [0, 0.05) is 36.8 Å². The van der Waals surface area contributed by atoms with Crippen molar-refractivity contribution >= 4 is 11.6 Å². The molecule has 2 nitrogen and oxygen atoms in total. The first kappa shape index (κ1) is 16.0. The van der Waals surface area contributed by atoms with Crippen molar-refractivity contribution in [3.05, 3.63) is 11.6 Å². The van der Waals surface area contributed by atoms with Crippen molar-refractivity contribution in [2.45, 2.75) is 58.5 Å². The average molecular weight is 273 g/mol. The molecule has 0 aromatic heterocycles. The summed E-state index contributed by atoms with van der Waals surface area (Å²) in [5.74, 6) is 0.730. The van der Waals surface area contributed by atoms with Crippen molar-refractivity contribution in [1.29, 1.82) is 0 Å². The zero-order valence-electron chi connectivity index (χ0n) is 12.4. The third-order valence-corrected chi connectivity index (χ3v) is 4.92. The van der Waals surface area contributed by atoms with Crippen molar-refractivity contribution in [1.82, 2.24) is 10.2 Å². The molecule has 1 saturated heterocycles. The molecule has 2 unspecified atom stereocenters. The van der Waals surface area contributed by atoms with Crippen molar-refractivity contribution in [2.75, 3.05) is 19.6 Å². The Bertz CT molecular complexity index is 261. The largest absolute Gasteiger partial charge is 0.308 e. The molecule has 1 rings (SSSR count). The SMILES string of the molecule is CCC(C)C1CNC(CC)(CC)CN1C/C=C/Cl. The van der Waals surface area contributed by atoms with E-state index in [1.54, 1.807) is 5.54 Å². The van der Waals surface area contributed by atoms with Gasteiger partial charge in [0.25, 0.3) is 0 Å². The van der Waals surface area contributed by atoms with Crippen molar-refractivity contribution in [3.8, 4) is 0 Å². The number of rotatable bonds is 6. The topological polar surface area (TPSA) is 15.3 Å². The van der Waals surface area contributed by atoms with E-state index in [0.717, 1.165) is 25.6 Å². The van der Waals surface area contributed by atoms with Crippen LogP contribution in [0.25, 0.3) is 0 Å². The standard InChI is InChI=1S/C15H29ClN2/c1-5-13(4)14-11-17-15(6-2,7-3)12-18(14)10-8-9-16/h8-9,13-14,17H,5-7,10-12H2,1-4H3/b9-8+. The lowest BCUT2D eigenvalue weighted by Crippen LogP contribution is -2.65. The van der Waals surface area contributed by atoms with Crippen LogP contribution in [0.1, 0.15) is 47.0 Å². The number of nitrogens with zero attached hydrogens (tertiary/aromatic N) is 1. The molecule has 1 heterocycles. The minimum atomic E-state index is 0.296. The molecule has 18 heavy (non-hydrogen) atoms. The zero-order valence-corrected chi connectivity index (χ0v) is 13.1. The molecule has 0 aromatic rings. The second kappa shape index (κ2) is 7.52. The van der Waals surface area contributed by atoms with Gasteiger partial charge in [-0.3, -0.25) is 4.90 Å². The maximum Gasteiger partial charge on any atom is 0.0304 e. The second-order valence-corrected chi connectivity index (χ2v) is 5.86. The molecule has 0 saturated carbocycles. The summed E-state index contributed by atoms with van der Waals surface area (Å²) in [6.45, 7) is 12.4. The number of nitrogens with one attached hydrogen (secondary N) is 1. The van der Waals surface area contributed by atoms with E-state index < -0.39 is 0 Å². The molecule has 1 aliphatic rings. The van der Waals surface area contributed by atoms with Crippen LogP contribution in [0, 0.1) is 5.92 Å². The van der Waals surface area contributed by atoms with Crippen LogP contribution in [0.4, 0.5) is 0 Å². The van der Waals surface area contributed by atoms with E-state index in [1.165, 1.54) is 19.3 Å². The van der Waals surface area contributed by atoms with Gasteiger partial charge in [-0.1, -0.05) is 51.8 Å². The highest BCUT2D eigenvalue weighted by Crippen LogP contribution is 2.26. The summed E-state index contributed by atoms with van der Waals surface area (Å²) >= 11 is 5.70. The third-order valence-electron chi connectivity index (χ3n) is 4.74. The first-order valence-corrected chi connectivity index (χ1v) is 7.80. The summed E-state index contributed by atoms with van der Waals surface area (Å²) in [7, 11) is 0. The van der Waals surface area contributed by atoms with Crippen LogP contribution in [0.5, 0.6) is 0 Å². The van der Waals surface area contributed by atoms with Gasteiger partial charge in [0.05, 0.1) is 0 Å². The van der Waals surface area contributed by atoms with Gasteiger partial charge in [0.15, 0.2) is 0 Å². The van der Waals surface area contributed by atoms with Crippen LogP contribution in [-0.4, -0.2) is 36.1 Å². The fourth-order valence-electron chi connectivity index (χ4n) is 2.94. The first-order valence-electron chi connectivity index (χ1n) is 7.36. The Kier molecular flexibility index (Phi) is 6.68. The molecule has 0 bridgehead atoms. The molecule has 0 aliphatic carbocycles. The number of halogens is 1. The summed E-state index contributed by atoms with van der Waals surface area (Å²) in [6, 6.07) is 0.633. The van der Waals surface area contributed by atoms with Gasteiger partial charge in [0.1, 0.15) is 0 Å². The van der Waals surface area contributed by atoms with Gasteiger partial charge >= 0.3 is 0 Å². The summed E-state index contributed by atoms with van der Waals surface area (Å²) < 4.78 is 0. The Balaban J connectivity index is 2.77. The third kappa shape index (κ3) is 3.72. The lowest BCUT2D eigenvalue weighted by atomic mass is 9.85. The number of hydrogen-bond donors (Lipinski definition) is 1. The minimum Gasteiger partial charge on any atom is -0.308 e. The molecule has 2 atom stereocenters. The van der Waals surface area contributed by atoms with Gasteiger partial charge in [-0.05, 0) is 18.8 Å². The highest BCUT2D eigenvalue weighted by molar-refractivity contribution is 6.25. The minimum absolute atomic E-state index is 0.296. The van der Waals surface area contributed by atoms with Crippen LogP contribution in [0.2, 0.25) is 0 Å². The smallest absolute Gasteiger partial charge is 0.0304 e. The maximum absolute atomic E-state index is 5.70. The Hall–Kier alpha value is -0.0500. The molecule has 0 spiro atoms. The van der Waals surface area contributed by atoms with E-state index in [9.17, 15) is 0 Å². The summed E-state index contributed by atoms with van der Waals surface area (Å²) in [5, 5.41) is 3.80. The highest BCUT2D eigenvalue weighted by Gasteiger charge is 2.37. The second-order valence-electron chi connectivity index (χ2n) is 5.61. The van der Waals surface area contributed by atoms with Gasteiger partial charge in [0.2, 0.25) is 0 Å². The van der Waals surface area contributed by atoms with Crippen LogP contribution in [-0.2, 0) is 0 Å². The molecule has 0 radical (unpaired) electrons. The predicted molar refractivity (Wildman–Crippen MR) is 81.1 cm³/mol.